The molecule has 0 aliphatic carbocycles. The molecule has 0 amide bonds. The van der Waals surface area contributed by atoms with Crippen LogP contribution in [0.2, 0.25) is 0 Å². The molecule has 0 saturated heterocycles. The van der Waals surface area contributed by atoms with Gasteiger partial charge in [-0.05, 0) is 36.8 Å². The van der Waals surface area contributed by atoms with Crippen LogP contribution in [0.3, 0.4) is 0 Å². The fourth-order valence-corrected chi connectivity index (χ4v) is 1.77. The van der Waals surface area contributed by atoms with E-state index in [1.54, 1.807) is 19.1 Å². The van der Waals surface area contributed by atoms with Crippen LogP contribution in [0, 0.1) is 11.3 Å². The SMILES string of the molecule is C/C(=N\O)c1cccc(OCc2cccc(C#N)c2)c1. The van der Waals surface area contributed by atoms with E-state index in [1.165, 1.54) is 0 Å². The van der Waals surface area contributed by atoms with E-state index in [0.717, 1.165) is 11.1 Å². The van der Waals surface area contributed by atoms with E-state index in [9.17, 15) is 0 Å². The second-order valence-corrected chi connectivity index (χ2v) is 4.31. The van der Waals surface area contributed by atoms with Crippen LogP contribution in [0.15, 0.2) is 53.7 Å². The van der Waals surface area contributed by atoms with Crippen LogP contribution in [-0.2, 0) is 6.61 Å². The van der Waals surface area contributed by atoms with E-state index in [0.29, 0.717) is 23.6 Å². The number of benzene rings is 2. The smallest absolute Gasteiger partial charge is 0.120 e. The fourth-order valence-electron chi connectivity index (χ4n) is 1.77. The zero-order valence-electron chi connectivity index (χ0n) is 11.1. The third-order valence-corrected chi connectivity index (χ3v) is 2.86. The summed E-state index contributed by atoms with van der Waals surface area (Å²) in [4.78, 5) is 0. The average molecular weight is 266 g/mol. The normalized spacial score (nSPS) is 10.9. The Kier molecular flexibility index (Phi) is 4.35. The Balaban J connectivity index is 2.09. The minimum atomic E-state index is 0.383. The highest BCUT2D eigenvalue weighted by Crippen LogP contribution is 2.16. The summed E-state index contributed by atoms with van der Waals surface area (Å²) >= 11 is 0. The van der Waals surface area contributed by atoms with Crippen molar-refractivity contribution in [2.45, 2.75) is 13.5 Å². The van der Waals surface area contributed by atoms with E-state index >= 15 is 0 Å². The molecule has 100 valence electrons. The number of rotatable bonds is 4. The standard InChI is InChI=1S/C16H14N2O2/c1-12(18-19)15-6-3-7-16(9-15)20-11-14-5-2-4-13(8-14)10-17/h2-9,19H,11H2,1H3/b18-12+. The first-order valence-corrected chi connectivity index (χ1v) is 6.14. The highest BCUT2D eigenvalue weighted by Gasteiger charge is 2.02. The molecule has 0 fully saturated rings. The zero-order chi connectivity index (χ0) is 14.4. The van der Waals surface area contributed by atoms with Gasteiger partial charge in [0.15, 0.2) is 0 Å². The van der Waals surface area contributed by atoms with Gasteiger partial charge in [-0.1, -0.05) is 29.4 Å². The van der Waals surface area contributed by atoms with Gasteiger partial charge in [0.2, 0.25) is 0 Å². The van der Waals surface area contributed by atoms with Gasteiger partial charge >= 0.3 is 0 Å². The molecule has 0 unspecified atom stereocenters. The van der Waals surface area contributed by atoms with Gasteiger partial charge in [-0.15, -0.1) is 0 Å². The molecule has 2 aromatic rings. The van der Waals surface area contributed by atoms with E-state index in [1.807, 2.05) is 36.4 Å². The maximum atomic E-state index is 8.84. The van der Waals surface area contributed by atoms with Crippen LogP contribution < -0.4 is 4.74 Å². The van der Waals surface area contributed by atoms with Crippen LogP contribution in [0.25, 0.3) is 0 Å². The van der Waals surface area contributed by atoms with Gasteiger partial charge < -0.3 is 9.94 Å². The minimum absolute atomic E-state index is 0.383. The van der Waals surface area contributed by atoms with Crippen molar-refractivity contribution in [2.75, 3.05) is 0 Å². The second kappa shape index (κ2) is 6.39. The van der Waals surface area contributed by atoms with Gasteiger partial charge in [-0.2, -0.15) is 5.26 Å². The van der Waals surface area contributed by atoms with Crippen molar-refractivity contribution in [2.24, 2.45) is 5.16 Å². The van der Waals surface area contributed by atoms with Gasteiger partial charge in [0.05, 0.1) is 17.3 Å². The fraction of sp³-hybridized carbons (Fsp3) is 0.125. The molecule has 0 atom stereocenters. The van der Waals surface area contributed by atoms with Crippen molar-refractivity contribution in [3.63, 3.8) is 0 Å². The third-order valence-electron chi connectivity index (χ3n) is 2.86. The van der Waals surface area contributed by atoms with Gasteiger partial charge in [0.25, 0.3) is 0 Å². The quantitative estimate of drug-likeness (QED) is 0.524. The molecule has 0 aromatic heterocycles. The van der Waals surface area contributed by atoms with Crippen molar-refractivity contribution in [1.82, 2.24) is 0 Å². The maximum absolute atomic E-state index is 8.84. The van der Waals surface area contributed by atoms with Crippen molar-refractivity contribution in [3.8, 4) is 11.8 Å². The van der Waals surface area contributed by atoms with Crippen molar-refractivity contribution < 1.29 is 9.94 Å². The summed E-state index contributed by atoms with van der Waals surface area (Å²) in [6, 6.07) is 16.7. The highest BCUT2D eigenvalue weighted by molar-refractivity contribution is 5.98. The summed E-state index contributed by atoms with van der Waals surface area (Å²) in [6.45, 7) is 2.10. The summed E-state index contributed by atoms with van der Waals surface area (Å²) in [5.74, 6) is 0.688. The molecule has 2 rings (SSSR count). The molecular weight excluding hydrogens is 252 g/mol. The van der Waals surface area contributed by atoms with Gasteiger partial charge in [-0.25, -0.2) is 0 Å². The van der Waals surface area contributed by atoms with E-state index in [4.69, 9.17) is 15.2 Å². The van der Waals surface area contributed by atoms with Crippen molar-refractivity contribution in [3.05, 3.63) is 65.2 Å². The largest absolute Gasteiger partial charge is 0.489 e. The summed E-state index contributed by atoms with van der Waals surface area (Å²) in [5.41, 5.74) is 2.88. The molecule has 4 heteroatoms. The first kappa shape index (κ1) is 13.6. The number of ether oxygens (including phenoxy) is 1. The second-order valence-electron chi connectivity index (χ2n) is 4.31. The van der Waals surface area contributed by atoms with Crippen molar-refractivity contribution in [1.29, 1.82) is 5.26 Å². The molecule has 20 heavy (non-hydrogen) atoms. The molecule has 0 saturated carbocycles. The van der Waals surface area contributed by atoms with Crippen LogP contribution in [-0.4, -0.2) is 10.9 Å². The minimum Gasteiger partial charge on any atom is -0.489 e. The van der Waals surface area contributed by atoms with Crippen LogP contribution in [0.5, 0.6) is 5.75 Å². The third kappa shape index (κ3) is 3.36. The molecule has 2 aromatic carbocycles. The molecule has 0 aliphatic heterocycles. The Bertz CT molecular complexity index is 672. The van der Waals surface area contributed by atoms with Crippen LogP contribution in [0.4, 0.5) is 0 Å². The number of oxime groups is 1. The lowest BCUT2D eigenvalue weighted by Crippen LogP contribution is -1.98. The lowest BCUT2D eigenvalue weighted by Gasteiger charge is -2.08. The van der Waals surface area contributed by atoms with E-state index in [-0.39, 0.29) is 0 Å². The summed E-state index contributed by atoms with van der Waals surface area (Å²) in [5, 5.41) is 20.8. The molecule has 0 aliphatic rings. The van der Waals surface area contributed by atoms with Gasteiger partial charge in [0.1, 0.15) is 12.4 Å². The molecule has 1 N–H and O–H groups in total. The van der Waals surface area contributed by atoms with Gasteiger partial charge in [0, 0.05) is 5.56 Å². The Morgan fingerprint density at radius 3 is 2.80 bits per heavy atom. The predicted molar refractivity (Wildman–Crippen MR) is 75.9 cm³/mol. The predicted octanol–water partition coefficient (Wildman–Crippen LogP) is 3.34. The van der Waals surface area contributed by atoms with Crippen molar-refractivity contribution >= 4 is 5.71 Å². The summed E-state index contributed by atoms with van der Waals surface area (Å²) in [7, 11) is 0. The molecule has 0 bridgehead atoms. The lowest BCUT2D eigenvalue weighted by molar-refractivity contribution is 0.306. The highest BCUT2D eigenvalue weighted by atomic mass is 16.5. The maximum Gasteiger partial charge on any atom is 0.120 e. The van der Waals surface area contributed by atoms with E-state index < -0.39 is 0 Å². The zero-order valence-corrected chi connectivity index (χ0v) is 11.1. The molecule has 0 radical (unpaired) electrons. The number of nitriles is 1. The molecular formula is C16H14N2O2. The lowest BCUT2D eigenvalue weighted by atomic mass is 10.1. The monoisotopic (exact) mass is 266 g/mol. The number of nitrogens with zero attached hydrogens (tertiary/aromatic N) is 2. The van der Waals surface area contributed by atoms with E-state index in [2.05, 4.69) is 11.2 Å². The summed E-state index contributed by atoms with van der Waals surface area (Å²) < 4.78 is 5.68. The van der Waals surface area contributed by atoms with Crippen LogP contribution >= 0.6 is 0 Å². The van der Waals surface area contributed by atoms with Crippen LogP contribution in [0.1, 0.15) is 23.6 Å². The Morgan fingerprint density at radius 1 is 1.25 bits per heavy atom. The molecule has 0 heterocycles. The Labute approximate surface area is 117 Å². The van der Waals surface area contributed by atoms with Gasteiger partial charge in [-0.3, -0.25) is 0 Å². The number of hydrogen-bond donors (Lipinski definition) is 1. The first-order valence-electron chi connectivity index (χ1n) is 6.14. The Hall–Kier alpha value is -2.80. The topological polar surface area (TPSA) is 65.6 Å². The number of hydrogen-bond acceptors (Lipinski definition) is 4. The molecule has 0 spiro atoms. The average Bonchev–Trinajstić information content (AvgIpc) is 2.52. The Morgan fingerprint density at radius 2 is 2.05 bits per heavy atom. The first-order chi connectivity index (χ1) is 9.72. The summed E-state index contributed by atoms with van der Waals surface area (Å²) in [6.07, 6.45) is 0. The molecule has 4 nitrogen and oxygen atoms in total.